The molecule has 1 unspecified atom stereocenters. The Labute approximate surface area is 139 Å². The second kappa shape index (κ2) is 5.14. The van der Waals surface area contributed by atoms with E-state index in [1.54, 1.807) is 17.1 Å². The number of nitrogens with zero attached hydrogens (tertiary/aromatic N) is 5. The topological polar surface area (TPSA) is 56.1 Å². The highest BCUT2D eigenvalue weighted by Gasteiger charge is 2.45. The Hall–Kier alpha value is -2.73. The van der Waals surface area contributed by atoms with Gasteiger partial charge in [0.15, 0.2) is 5.82 Å². The Morgan fingerprint density at radius 2 is 2.00 bits per heavy atom. The average Bonchev–Trinajstić information content (AvgIpc) is 3.37. The van der Waals surface area contributed by atoms with Crippen LogP contribution in [-0.4, -0.2) is 32.8 Å². The first kappa shape index (κ1) is 13.7. The Balaban J connectivity index is 1.45. The van der Waals surface area contributed by atoms with Crippen molar-refractivity contribution in [3.05, 3.63) is 66.2 Å². The highest BCUT2D eigenvalue weighted by atomic mass is 16.5. The number of aromatic nitrogens is 4. The minimum Gasteiger partial charge on any atom is -0.364 e. The lowest BCUT2D eigenvalue weighted by Gasteiger charge is -2.25. The molecule has 1 saturated heterocycles. The smallest absolute Gasteiger partial charge is 0.173 e. The summed E-state index contributed by atoms with van der Waals surface area (Å²) in [5.41, 5.74) is 2.42. The highest BCUT2D eigenvalue weighted by Crippen LogP contribution is 2.43. The molecule has 0 radical (unpaired) electrons. The summed E-state index contributed by atoms with van der Waals surface area (Å²) in [6.07, 6.45) is 8.12. The molecule has 120 valence electrons. The van der Waals surface area contributed by atoms with Gasteiger partial charge in [-0.05, 0) is 23.6 Å². The van der Waals surface area contributed by atoms with Crippen LogP contribution in [0.3, 0.4) is 0 Å². The fraction of sp³-hybridized carbons (Fsp3) is 0.278. The predicted octanol–water partition coefficient (Wildman–Crippen LogP) is 2.30. The van der Waals surface area contributed by atoms with Crippen LogP contribution in [0.1, 0.15) is 17.5 Å². The van der Waals surface area contributed by atoms with Crippen LogP contribution in [0.15, 0.2) is 55.1 Å². The fourth-order valence-electron chi connectivity index (χ4n) is 3.71. The third kappa shape index (κ3) is 2.03. The fourth-order valence-corrected chi connectivity index (χ4v) is 3.71. The first-order valence-electron chi connectivity index (χ1n) is 8.13. The SMILES string of the molecule is c1ccc2c(c1)COC21CCN(c2cncc(-n3cccn3)n2)C1. The van der Waals surface area contributed by atoms with Crippen molar-refractivity contribution >= 4 is 5.82 Å². The molecule has 1 fully saturated rings. The third-order valence-corrected chi connectivity index (χ3v) is 4.92. The van der Waals surface area contributed by atoms with Gasteiger partial charge in [-0.15, -0.1) is 0 Å². The zero-order valence-electron chi connectivity index (χ0n) is 13.2. The Kier molecular flexibility index (Phi) is 2.93. The van der Waals surface area contributed by atoms with Crippen LogP contribution in [0.25, 0.3) is 5.82 Å². The van der Waals surface area contributed by atoms with Crippen LogP contribution >= 0.6 is 0 Å². The van der Waals surface area contributed by atoms with E-state index < -0.39 is 0 Å². The minimum absolute atomic E-state index is 0.208. The molecule has 24 heavy (non-hydrogen) atoms. The van der Waals surface area contributed by atoms with Gasteiger partial charge in [-0.25, -0.2) is 9.67 Å². The van der Waals surface area contributed by atoms with Crippen LogP contribution in [0.4, 0.5) is 5.82 Å². The van der Waals surface area contributed by atoms with Crippen LogP contribution in [-0.2, 0) is 16.9 Å². The van der Waals surface area contributed by atoms with Gasteiger partial charge in [0.25, 0.3) is 0 Å². The van der Waals surface area contributed by atoms with Gasteiger partial charge in [-0.2, -0.15) is 5.10 Å². The predicted molar refractivity (Wildman–Crippen MR) is 88.9 cm³/mol. The molecule has 0 bridgehead atoms. The number of ether oxygens (including phenoxy) is 1. The molecular formula is C18H17N5O. The summed E-state index contributed by atoms with van der Waals surface area (Å²) in [5, 5.41) is 4.23. The van der Waals surface area contributed by atoms with Crippen molar-refractivity contribution in [2.75, 3.05) is 18.0 Å². The molecule has 0 amide bonds. The molecule has 0 aliphatic carbocycles. The zero-order chi connectivity index (χ0) is 16.0. The molecule has 2 aliphatic rings. The molecular weight excluding hydrogens is 302 g/mol. The van der Waals surface area contributed by atoms with E-state index in [2.05, 4.69) is 39.2 Å². The van der Waals surface area contributed by atoms with Gasteiger partial charge in [0.05, 0.1) is 25.5 Å². The summed E-state index contributed by atoms with van der Waals surface area (Å²) >= 11 is 0. The number of fused-ring (bicyclic) bond motifs is 2. The van der Waals surface area contributed by atoms with E-state index in [4.69, 9.17) is 9.72 Å². The minimum atomic E-state index is -0.208. The van der Waals surface area contributed by atoms with Gasteiger partial charge in [-0.1, -0.05) is 24.3 Å². The largest absolute Gasteiger partial charge is 0.364 e. The monoisotopic (exact) mass is 319 g/mol. The zero-order valence-corrected chi connectivity index (χ0v) is 13.2. The maximum Gasteiger partial charge on any atom is 0.173 e. The lowest BCUT2D eigenvalue weighted by Crippen LogP contribution is -2.31. The quantitative estimate of drug-likeness (QED) is 0.725. The van der Waals surface area contributed by atoms with Crippen LogP contribution < -0.4 is 4.90 Å². The number of anilines is 1. The molecule has 6 heteroatoms. The van der Waals surface area contributed by atoms with E-state index in [0.29, 0.717) is 6.61 Å². The number of rotatable bonds is 2. The number of hydrogen-bond acceptors (Lipinski definition) is 5. The molecule has 6 nitrogen and oxygen atoms in total. The van der Waals surface area contributed by atoms with Crippen LogP contribution in [0.5, 0.6) is 0 Å². The van der Waals surface area contributed by atoms with E-state index in [-0.39, 0.29) is 5.60 Å². The molecule has 4 heterocycles. The summed E-state index contributed by atoms with van der Waals surface area (Å²) in [4.78, 5) is 11.3. The van der Waals surface area contributed by atoms with Gasteiger partial charge in [0.2, 0.25) is 0 Å². The standard InChI is InChI=1S/C18H17N5O/c1-2-5-15-14(4-1)12-24-18(15)6-9-22(13-18)16-10-19-11-17(21-16)23-8-3-7-20-23/h1-5,7-8,10-11H,6,9,12-13H2. The molecule has 5 rings (SSSR count). The van der Waals surface area contributed by atoms with Crippen molar-refractivity contribution < 1.29 is 4.74 Å². The van der Waals surface area contributed by atoms with Crippen molar-refractivity contribution in [2.45, 2.75) is 18.6 Å². The second-order valence-corrected chi connectivity index (χ2v) is 6.30. The summed E-state index contributed by atoms with van der Waals surface area (Å²) in [7, 11) is 0. The maximum absolute atomic E-state index is 6.22. The van der Waals surface area contributed by atoms with Crippen molar-refractivity contribution in [2.24, 2.45) is 0 Å². The third-order valence-electron chi connectivity index (χ3n) is 4.92. The van der Waals surface area contributed by atoms with Crippen molar-refractivity contribution in [3.8, 4) is 5.82 Å². The van der Waals surface area contributed by atoms with Crippen LogP contribution in [0.2, 0.25) is 0 Å². The van der Waals surface area contributed by atoms with E-state index in [0.717, 1.165) is 31.1 Å². The highest BCUT2D eigenvalue weighted by molar-refractivity contribution is 5.46. The average molecular weight is 319 g/mol. The van der Waals surface area contributed by atoms with Crippen molar-refractivity contribution in [1.82, 2.24) is 19.7 Å². The normalized spacial score (nSPS) is 22.2. The number of benzene rings is 1. The molecule has 1 atom stereocenters. The van der Waals surface area contributed by atoms with Gasteiger partial charge < -0.3 is 9.64 Å². The Morgan fingerprint density at radius 1 is 1.08 bits per heavy atom. The Morgan fingerprint density at radius 3 is 2.92 bits per heavy atom. The molecule has 3 aromatic rings. The summed E-state index contributed by atoms with van der Waals surface area (Å²) in [5.74, 6) is 1.60. The Bertz CT molecular complexity index is 879. The molecule has 2 aliphatic heterocycles. The van der Waals surface area contributed by atoms with Crippen molar-refractivity contribution in [3.63, 3.8) is 0 Å². The van der Waals surface area contributed by atoms with Crippen LogP contribution in [0, 0.1) is 0 Å². The maximum atomic E-state index is 6.22. The lowest BCUT2D eigenvalue weighted by molar-refractivity contribution is -0.0205. The van der Waals surface area contributed by atoms with Gasteiger partial charge >= 0.3 is 0 Å². The van der Waals surface area contributed by atoms with Gasteiger partial charge in [0.1, 0.15) is 11.4 Å². The van der Waals surface area contributed by atoms with E-state index in [1.807, 2.05) is 18.5 Å². The molecule has 2 aromatic heterocycles. The first-order valence-corrected chi connectivity index (χ1v) is 8.13. The summed E-state index contributed by atoms with van der Waals surface area (Å²) < 4.78 is 7.94. The molecule has 1 spiro atoms. The summed E-state index contributed by atoms with van der Waals surface area (Å²) in [6.45, 7) is 2.41. The van der Waals surface area contributed by atoms with Crippen molar-refractivity contribution in [1.29, 1.82) is 0 Å². The lowest BCUT2D eigenvalue weighted by atomic mass is 9.92. The molecule has 0 N–H and O–H groups in total. The number of hydrogen-bond donors (Lipinski definition) is 0. The summed E-state index contributed by atoms with van der Waals surface area (Å²) in [6, 6.07) is 10.4. The van der Waals surface area contributed by atoms with E-state index in [1.165, 1.54) is 11.1 Å². The first-order chi connectivity index (χ1) is 11.8. The van der Waals surface area contributed by atoms with Gasteiger partial charge in [0, 0.05) is 18.9 Å². The second-order valence-electron chi connectivity index (χ2n) is 6.30. The molecule has 0 saturated carbocycles. The molecule has 1 aromatic carbocycles. The van der Waals surface area contributed by atoms with E-state index >= 15 is 0 Å². The van der Waals surface area contributed by atoms with Gasteiger partial charge in [-0.3, -0.25) is 4.98 Å². The van der Waals surface area contributed by atoms with E-state index in [9.17, 15) is 0 Å².